The zero-order valence-electron chi connectivity index (χ0n) is 11.6. The number of aryl methyl sites for hydroxylation is 1. The second kappa shape index (κ2) is 7.80. The van der Waals surface area contributed by atoms with E-state index in [0.29, 0.717) is 6.04 Å². The summed E-state index contributed by atoms with van der Waals surface area (Å²) in [5, 5.41) is 3.60. The van der Waals surface area contributed by atoms with Gasteiger partial charge in [0.2, 0.25) is 0 Å². The van der Waals surface area contributed by atoms with Crippen LogP contribution in [0.2, 0.25) is 0 Å². The van der Waals surface area contributed by atoms with Gasteiger partial charge in [0.15, 0.2) is 0 Å². The molecular weight excluding hydrogens is 234 g/mol. The highest BCUT2D eigenvalue weighted by Gasteiger charge is 2.11. The highest BCUT2D eigenvalue weighted by Crippen LogP contribution is 2.20. The summed E-state index contributed by atoms with van der Waals surface area (Å²) < 4.78 is 5.20. The molecule has 1 aromatic carbocycles. The van der Waals surface area contributed by atoms with Gasteiger partial charge in [0.1, 0.15) is 0 Å². The third kappa shape index (κ3) is 4.56. The zero-order valence-corrected chi connectivity index (χ0v) is 11.6. The molecule has 0 aliphatic rings. The Kier molecular flexibility index (Phi) is 5.70. The third-order valence-electron chi connectivity index (χ3n) is 3.39. The molecule has 2 nitrogen and oxygen atoms in total. The van der Waals surface area contributed by atoms with Crippen molar-refractivity contribution < 1.29 is 4.42 Å². The molecule has 0 bridgehead atoms. The van der Waals surface area contributed by atoms with Crippen LogP contribution in [0.4, 0.5) is 0 Å². The Labute approximate surface area is 115 Å². The standard InChI is InChI=1S/C17H23NO/c1-2-12-18-17(16-11-13-19-14-16)10-6-9-15-7-4-3-5-8-15/h3-5,7-8,11,13-14,17-18H,2,6,9-10,12H2,1H3. The highest BCUT2D eigenvalue weighted by molar-refractivity contribution is 5.15. The fourth-order valence-electron chi connectivity index (χ4n) is 2.33. The number of nitrogens with one attached hydrogen (secondary N) is 1. The molecule has 1 N–H and O–H groups in total. The van der Waals surface area contributed by atoms with Gasteiger partial charge in [-0.05, 0) is 43.9 Å². The average Bonchev–Trinajstić information content (AvgIpc) is 2.98. The normalized spacial score (nSPS) is 12.5. The molecular formula is C17H23NO. The fraction of sp³-hybridized carbons (Fsp3) is 0.412. The van der Waals surface area contributed by atoms with Crippen molar-refractivity contribution in [3.8, 4) is 0 Å². The van der Waals surface area contributed by atoms with Crippen LogP contribution < -0.4 is 5.32 Å². The molecule has 1 aromatic heterocycles. The van der Waals surface area contributed by atoms with Crippen LogP contribution in [-0.2, 0) is 6.42 Å². The first-order valence-electron chi connectivity index (χ1n) is 7.19. The predicted molar refractivity (Wildman–Crippen MR) is 79.1 cm³/mol. The quantitative estimate of drug-likeness (QED) is 0.761. The number of hydrogen-bond acceptors (Lipinski definition) is 2. The largest absolute Gasteiger partial charge is 0.472 e. The molecule has 2 aromatic rings. The van der Waals surface area contributed by atoms with E-state index in [-0.39, 0.29) is 0 Å². The lowest BCUT2D eigenvalue weighted by atomic mass is 10.0. The molecule has 2 heteroatoms. The first-order chi connectivity index (χ1) is 9.40. The van der Waals surface area contributed by atoms with Crippen LogP contribution in [0.3, 0.4) is 0 Å². The lowest BCUT2D eigenvalue weighted by Gasteiger charge is -2.16. The van der Waals surface area contributed by atoms with Crippen LogP contribution in [-0.4, -0.2) is 6.54 Å². The Hall–Kier alpha value is -1.54. The fourth-order valence-corrected chi connectivity index (χ4v) is 2.33. The minimum absolute atomic E-state index is 0.419. The molecule has 1 unspecified atom stereocenters. The maximum atomic E-state index is 5.20. The minimum Gasteiger partial charge on any atom is -0.472 e. The molecule has 0 radical (unpaired) electrons. The van der Waals surface area contributed by atoms with Gasteiger partial charge in [0.25, 0.3) is 0 Å². The Morgan fingerprint density at radius 1 is 1.16 bits per heavy atom. The first-order valence-corrected chi connectivity index (χ1v) is 7.19. The molecule has 2 rings (SSSR count). The van der Waals surface area contributed by atoms with E-state index < -0.39 is 0 Å². The van der Waals surface area contributed by atoms with E-state index in [9.17, 15) is 0 Å². The average molecular weight is 257 g/mol. The third-order valence-corrected chi connectivity index (χ3v) is 3.39. The maximum Gasteiger partial charge on any atom is 0.0950 e. The highest BCUT2D eigenvalue weighted by atomic mass is 16.3. The van der Waals surface area contributed by atoms with Gasteiger partial charge in [-0.15, -0.1) is 0 Å². The Balaban J connectivity index is 1.83. The topological polar surface area (TPSA) is 25.2 Å². The van der Waals surface area contributed by atoms with E-state index in [4.69, 9.17) is 4.42 Å². The molecule has 0 amide bonds. The van der Waals surface area contributed by atoms with Gasteiger partial charge in [0, 0.05) is 11.6 Å². The van der Waals surface area contributed by atoms with Crippen molar-refractivity contribution in [2.24, 2.45) is 0 Å². The van der Waals surface area contributed by atoms with Crippen LogP contribution in [0.1, 0.15) is 43.4 Å². The monoisotopic (exact) mass is 257 g/mol. The molecule has 1 heterocycles. The lowest BCUT2D eigenvalue weighted by molar-refractivity contribution is 0.475. The van der Waals surface area contributed by atoms with Gasteiger partial charge in [-0.25, -0.2) is 0 Å². The van der Waals surface area contributed by atoms with Crippen molar-refractivity contribution in [3.05, 3.63) is 60.1 Å². The van der Waals surface area contributed by atoms with Gasteiger partial charge in [-0.2, -0.15) is 0 Å². The molecule has 0 fully saturated rings. The molecule has 1 atom stereocenters. The number of benzene rings is 1. The molecule has 0 saturated heterocycles. The molecule has 0 spiro atoms. The van der Waals surface area contributed by atoms with Crippen molar-refractivity contribution in [2.45, 2.75) is 38.6 Å². The van der Waals surface area contributed by atoms with Gasteiger partial charge in [-0.1, -0.05) is 37.3 Å². The van der Waals surface area contributed by atoms with Crippen LogP contribution in [0.5, 0.6) is 0 Å². The van der Waals surface area contributed by atoms with Crippen molar-refractivity contribution >= 4 is 0 Å². The Bertz CT molecular complexity index is 436. The number of hydrogen-bond donors (Lipinski definition) is 1. The summed E-state index contributed by atoms with van der Waals surface area (Å²) in [4.78, 5) is 0. The smallest absolute Gasteiger partial charge is 0.0950 e. The second-order valence-electron chi connectivity index (χ2n) is 4.94. The second-order valence-corrected chi connectivity index (χ2v) is 4.94. The van der Waals surface area contributed by atoms with Gasteiger partial charge < -0.3 is 9.73 Å². The van der Waals surface area contributed by atoms with Crippen LogP contribution >= 0.6 is 0 Å². The summed E-state index contributed by atoms with van der Waals surface area (Å²) in [7, 11) is 0. The first kappa shape index (κ1) is 13.9. The van der Waals surface area contributed by atoms with E-state index in [2.05, 4.69) is 48.6 Å². The predicted octanol–water partition coefficient (Wildman–Crippen LogP) is 4.34. The zero-order chi connectivity index (χ0) is 13.3. The Morgan fingerprint density at radius 3 is 2.68 bits per heavy atom. The van der Waals surface area contributed by atoms with E-state index in [0.717, 1.165) is 25.8 Å². The van der Waals surface area contributed by atoms with Crippen molar-refractivity contribution in [3.63, 3.8) is 0 Å². The summed E-state index contributed by atoms with van der Waals surface area (Å²) in [6.07, 6.45) is 8.25. The van der Waals surface area contributed by atoms with Gasteiger partial charge >= 0.3 is 0 Å². The van der Waals surface area contributed by atoms with E-state index in [1.165, 1.54) is 17.5 Å². The SMILES string of the molecule is CCCNC(CCCc1ccccc1)c1ccoc1. The summed E-state index contributed by atoms with van der Waals surface area (Å²) in [5.41, 5.74) is 2.69. The molecule has 19 heavy (non-hydrogen) atoms. The molecule has 102 valence electrons. The van der Waals surface area contributed by atoms with Gasteiger partial charge in [0.05, 0.1) is 12.5 Å². The molecule has 0 saturated carbocycles. The summed E-state index contributed by atoms with van der Waals surface area (Å²) in [5.74, 6) is 0. The van der Waals surface area contributed by atoms with Crippen molar-refractivity contribution in [2.75, 3.05) is 6.54 Å². The van der Waals surface area contributed by atoms with Crippen LogP contribution in [0.15, 0.2) is 53.3 Å². The van der Waals surface area contributed by atoms with Crippen LogP contribution in [0, 0.1) is 0 Å². The summed E-state index contributed by atoms with van der Waals surface area (Å²) >= 11 is 0. The number of rotatable bonds is 8. The lowest BCUT2D eigenvalue weighted by Crippen LogP contribution is -2.21. The van der Waals surface area contributed by atoms with E-state index in [1.54, 1.807) is 6.26 Å². The molecule has 0 aliphatic carbocycles. The summed E-state index contributed by atoms with van der Waals surface area (Å²) in [6, 6.07) is 13.2. The van der Waals surface area contributed by atoms with Crippen LogP contribution in [0.25, 0.3) is 0 Å². The number of furan rings is 1. The van der Waals surface area contributed by atoms with Crippen molar-refractivity contribution in [1.82, 2.24) is 5.32 Å². The minimum atomic E-state index is 0.419. The van der Waals surface area contributed by atoms with E-state index in [1.807, 2.05) is 6.26 Å². The maximum absolute atomic E-state index is 5.20. The Morgan fingerprint density at radius 2 is 2.00 bits per heavy atom. The van der Waals surface area contributed by atoms with Gasteiger partial charge in [-0.3, -0.25) is 0 Å². The van der Waals surface area contributed by atoms with E-state index >= 15 is 0 Å². The summed E-state index contributed by atoms with van der Waals surface area (Å²) in [6.45, 7) is 3.25. The van der Waals surface area contributed by atoms with Crippen molar-refractivity contribution in [1.29, 1.82) is 0 Å². The molecule has 0 aliphatic heterocycles.